The molecule has 2 rings (SSSR count). The molecule has 6 heteroatoms. The zero-order valence-corrected chi connectivity index (χ0v) is 10.1. The molecule has 0 aliphatic carbocycles. The topological polar surface area (TPSA) is 71.5 Å². The van der Waals surface area contributed by atoms with Gasteiger partial charge in [-0.2, -0.15) is 0 Å². The fourth-order valence-corrected chi connectivity index (χ4v) is 1.82. The van der Waals surface area contributed by atoms with Crippen LogP contribution < -0.4 is 5.48 Å². The first-order chi connectivity index (χ1) is 8.68. The normalized spacial score (nSPS) is 16.5. The summed E-state index contributed by atoms with van der Waals surface area (Å²) in [4.78, 5) is 33.6. The Balaban J connectivity index is 1.86. The standard InChI is InChI=1S/C12H15N3O3/c1-9(15-7-3-5-11(15)16)12(17)18-14-10-4-2-6-13-8-10/h2,4,6,8-9,14H,3,5,7H2,1H3. The van der Waals surface area contributed by atoms with Gasteiger partial charge in [-0.1, -0.05) is 0 Å². The van der Waals surface area contributed by atoms with E-state index in [1.54, 1.807) is 31.5 Å². The molecule has 0 aromatic carbocycles. The number of pyridine rings is 1. The molecule has 0 spiro atoms. The number of aromatic nitrogens is 1. The summed E-state index contributed by atoms with van der Waals surface area (Å²) in [6.07, 6.45) is 4.47. The number of nitrogens with one attached hydrogen (secondary N) is 1. The van der Waals surface area contributed by atoms with Gasteiger partial charge in [0.05, 0.1) is 11.9 Å². The lowest BCUT2D eigenvalue weighted by molar-refractivity contribution is -0.150. The molecule has 1 unspecified atom stereocenters. The molecule has 1 aliphatic heterocycles. The van der Waals surface area contributed by atoms with Crippen molar-refractivity contribution in [3.8, 4) is 0 Å². The lowest BCUT2D eigenvalue weighted by Gasteiger charge is -2.22. The highest BCUT2D eigenvalue weighted by Gasteiger charge is 2.30. The van der Waals surface area contributed by atoms with Crippen LogP contribution in [0.25, 0.3) is 0 Å². The fourth-order valence-electron chi connectivity index (χ4n) is 1.82. The van der Waals surface area contributed by atoms with E-state index in [2.05, 4.69) is 10.5 Å². The summed E-state index contributed by atoms with van der Waals surface area (Å²) in [5.74, 6) is -0.477. The summed E-state index contributed by atoms with van der Waals surface area (Å²) in [6.45, 7) is 2.28. The number of carbonyl (C=O) groups excluding carboxylic acids is 2. The second-order valence-electron chi connectivity index (χ2n) is 4.13. The zero-order valence-electron chi connectivity index (χ0n) is 10.1. The molecule has 6 nitrogen and oxygen atoms in total. The van der Waals surface area contributed by atoms with Crippen molar-refractivity contribution >= 4 is 17.6 Å². The summed E-state index contributed by atoms with van der Waals surface area (Å²) in [5.41, 5.74) is 3.10. The molecule has 0 saturated carbocycles. The van der Waals surface area contributed by atoms with Crippen LogP contribution in [-0.2, 0) is 14.4 Å². The fraction of sp³-hybridized carbons (Fsp3) is 0.417. The highest BCUT2D eigenvalue weighted by Crippen LogP contribution is 2.14. The Morgan fingerprint density at radius 2 is 2.44 bits per heavy atom. The van der Waals surface area contributed by atoms with Crippen LogP contribution in [0.15, 0.2) is 24.5 Å². The van der Waals surface area contributed by atoms with Crippen molar-refractivity contribution in [2.45, 2.75) is 25.8 Å². The quantitative estimate of drug-likeness (QED) is 0.805. The number of hydrogen-bond acceptors (Lipinski definition) is 5. The number of nitrogens with zero attached hydrogens (tertiary/aromatic N) is 2. The van der Waals surface area contributed by atoms with E-state index < -0.39 is 12.0 Å². The Bertz CT molecular complexity index is 435. The molecule has 1 saturated heterocycles. The van der Waals surface area contributed by atoms with Crippen LogP contribution in [0.3, 0.4) is 0 Å². The van der Waals surface area contributed by atoms with Crippen molar-refractivity contribution in [1.29, 1.82) is 0 Å². The number of anilines is 1. The monoisotopic (exact) mass is 249 g/mol. The van der Waals surface area contributed by atoms with Crippen LogP contribution in [0.5, 0.6) is 0 Å². The largest absolute Gasteiger partial charge is 0.354 e. The smallest absolute Gasteiger partial charge is 0.341 e. The first-order valence-corrected chi connectivity index (χ1v) is 5.84. The van der Waals surface area contributed by atoms with Gasteiger partial charge in [0, 0.05) is 19.2 Å². The molecule has 96 valence electrons. The Morgan fingerprint density at radius 3 is 3.06 bits per heavy atom. The third-order valence-electron chi connectivity index (χ3n) is 2.85. The van der Waals surface area contributed by atoms with Gasteiger partial charge in [0.25, 0.3) is 0 Å². The summed E-state index contributed by atoms with van der Waals surface area (Å²) < 4.78 is 0. The maximum atomic E-state index is 11.7. The van der Waals surface area contributed by atoms with Crippen LogP contribution in [0.1, 0.15) is 19.8 Å². The summed E-state index contributed by atoms with van der Waals surface area (Å²) in [7, 11) is 0. The number of likely N-dealkylation sites (tertiary alicyclic amines) is 1. The van der Waals surface area contributed by atoms with Gasteiger partial charge in [-0.15, -0.1) is 0 Å². The van der Waals surface area contributed by atoms with E-state index in [0.717, 1.165) is 6.42 Å². The second kappa shape index (κ2) is 5.48. The van der Waals surface area contributed by atoms with E-state index in [9.17, 15) is 9.59 Å². The van der Waals surface area contributed by atoms with Crippen molar-refractivity contribution in [3.63, 3.8) is 0 Å². The van der Waals surface area contributed by atoms with E-state index in [1.807, 2.05) is 0 Å². The predicted octanol–water partition coefficient (Wildman–Crippen LogP) is 0.963. The molecule has 0 bridgehead atoms. The first-order valence-electron chi connectivity index (χ1n) is 5.84. The minimum absolute atomic E-state index is 0.000766. The second-order valence-corrected chi connectivity index (χ2v) is 4.13. The molecule has 18 heavy (non-hydrogen) atoms. The number of rotatable bonds is 4. The molecule has 1 aromatic heterocycles. The zero-order chi connectivity index (χ0) is 13.0. The summed E-state index contributed by atoms with van der Waals surface area (Å²) in [5, 5.41) is 0. The number of hydrogen-bond donors (Lipinski definition) is 1. The maximum Gasteiger partial charge on any atom is 0.354 e. The molecule has 1 aliphatic rings. The van der Waals surface area contributed by atoms with Crippen LogP contribution in [-0.4, -0.2) is 34.3 Å². The van der Waals surface area contributed by atoms with Crippen molar-refractivity contribution in [1.82, 2.24) is 9.88 Å². The van der Waals surface area contributed by atoms with E-state index >= 15 is 0 Å². The molecular formula is C12H15N3O3. The van der Waals surface area contributed by atoms with Crippen molar-refractivity contribution in [2.24, 2.45) is 0 Å². The SMILES string of the molecule is CC(C(=O)ONc1cccnc1)N1CCCC1=O. The van der Waals surface area contributed by atoms with Crippen LogP contribution in [0, 0.1) is 0 Å². The van der Waals surface area contributed by atoms with Gasteiger partial charge in [-0.3, -0.25) is 9.78 Å². The third-order valence-corrected chi connectivity index (χ3v) is 2.85. The van der Waals surface area contributed by atoms with Crippen LogP contribution >= 0.6 is 0 Å². The molecule has 1 aromatic rings. The highest BCUT2D eigenvalue weighted by atomic mass is 16.7. The molecule has 1 atom stereocenters. The van der Waals surface area contributed by atoms with Gasteiger partial charge in [-0.05, 0) is 25.5 Å². The van der Waals surface area contributed by atoms with E-state index in [-0.39, 0.29) is 5.91 Å². The Labute approximate surface area is 105 Å². The average molecular weight is 249 g/mol. The van der Waals surface area contributed by atoms with E-state index in [4.69, 9.17) is 4.84 Å². The Morgan fingerprint density at radius 1 is 1.61 bits per heavy atom. The van der Waals surface area contributed by atoms with Gasteiger partial charge in [0.2, 0.25) is 5.91 Å². The molecular weight excluding hydrogens is 234 g/mol. The Kier molecular flexibility index (Phi) is 3.76. The van der Waals surface area contributed by atoms with Gasteiger partial charge < -0.3 is 9.74 Å². The number of amides is 1. The third kappa shape index (κ3) is 2.77. The maximum absolute atomic E-state index is 11.7. The lowest BCUT2D eigenvalue weighted by Crippen LogP contribution is -2.41. The molecule has 0 radical (unpaired) electrons. The molecule has 1 fully saturated rings. The molecule has 1 amide bonds. The van der Waals surface area contributed by atoms with Gasteiger partial charge in [0.1, 0.15) is 6.04 Å². The van der Waals surface area contributed by atoms with E-state index in [1.165, 1.54) is 4.90 Å². The number of carbonyl (C=O) groups is 2. The minimum Gasteiger partial charge on any atom is -0.341 e. The minimum atomic E-state index is -0.566. The van der Waals surface area contributed by atoms with Crippen molar-refractivity contribution < 1.29 is 14.4 Å². The van der Waals surface area contributed by atoms with Crippen molar-refractivity contribution in [3.05, 3.63) is 24.5 Å². The summed E-state index contributed by atoms with van der Waals surface area (Å²) in [6, 6.07) is 2.89. The predicted molar refractivity (Wildman–Crippen MR) is 64.4 cm³/mol. The summed E-state index contributed by atoms with van der Waals surface area (Å²) >= 11 is 0. The van der Waals surface area contributed by atoms with Gasteiger partial charge in [0.15, 0.2) is 0 Å². The van der Waals surface area contributed by atoms with Gasteiger partial charge >= 0.3 is 5.97 Å². The van der Waals surface area contributed by atoms with Crippen molar-refractivity contribution in [2.75, 3.05) is 12.0 Å². The van der Waals surface area contributed by atoms with E-state index in [0.29, 0.717) is 18.7 Å². The molecule has 2 heterocycles. The molecule has 1 N–H and O–H groups in total. The Hall–Kier alpha value is -2.11. The lowest BCUT2D eigenvalue weighted by atomic mass is 10.3. The van der Waals surface area contributed by atoms with Crippen LogP contribution in [0.4, 0.5) is 5.69 Å². The first kappa shape index (κ1) is 12.3. The van der Waals surface area contributed by atoms with Gasteiger partial charge in [-0.25, -0.2) is 10.3 Å². The van der Waals surface area contributed by atoms with Crippen LogP contribution in [0.2, 0.25) is 0 Å². The average Bonchev–Trinajstić information content (AvgIpc) is 2.82. The highest BCUT2D eigenvalue weighted by molar-refractivity contribution is 5.85.